The zero-order valence-electron chi connectivity index (χ0n) is 22.5. The molecule has 6 aromatic carbocycles. The minimum Gasteiger partial charge on any atom is -0.456 e. The maximum Gasteiger partial charge on any atom is 0.235 e. The van der Waals surface area contributed by atoms with Gasteiger partial charge in [0.1, 0.15) is 11.2 Å². The standard InChI is InChI=1S/C38H23N3O/c1-2-10-24(11-3-1)25-18-20-26(21-19-25)37-29-14-4-7-15-32(29)39-38(40-37)41-33-16-8-5-12-27(33)30-23-36-31(22-34(30)41)28-13-6-9-17-35(28)42-36/h1-23H. The number of hydrogen-bond acceptors (Lipinski definition) is 3. The van der Waals surface area contributed by atoms with E-state index in [2.05, 4.69) is 120 Å². The summed E-state index contributed by atoms with van der Waals surface area (Å²) >= 11 is 0. The van der Waals surface area contributed by atoms with Gasteiger partial charge in [0.25, 0.3) is 0 Å². The van der Waals surface area contributed by atoms with Gasteiger partial charge in [-0.3, -0.25) is 4.57 Å². The Balaban J connectivity index is 1.32. The van der Waals surface area contributed by atoms with Crippen LogP contribution in [0.4, 0.5) is 0 Å². The minimum atomic E-state index is 0.647. The molecule has 0 N–H and O–H groups in total. The van der Waals surface area contributed by atoms with Crippen molar-refractivity contribution in [1.82, 2.24) is 14.5 Å². The summed E-state index contributed by atoms with van der Waals surface area (Å²) in [7, 11) is 0. The van der Waals surface area contributed by atoms with Crippen LogP contribution in [0.5, 0.6) is 0 Å². The molecule has 3 heterocycles. The van der Waals surface area contributed by atoms with Gasteiger partial charge in [-0.2, -0.15) is 0 Å². The Morgan fingerprint density at radius 1 is 0.429 bits per heavy atom. The van der Waals surface area contributed by atoms with Crippen LogP contribution in [0.3, 0.4) is 0 Å². The van der Waals surface area contributed by atoms with Gasteiger partial charge in [0.15, 0.2) is 0 Å². The molecule has 0 unspecified atom stereocenters. The van der Waals surface area contributed by atoms with Gasteiger partial charge in [0.2, 0.25) is 5.95 Å². The molecule has 0 bridgehead atoms. The van der Waals surface area contributed by atoms with Crippen LogP contribution in [0.1, 0.15) is 0 Å². The van der Waals surface area contributed by atoms with E-state index in [1.807, 2.05) is 24.3 Å². The van der Waals surface area contributed by atoms with Crippen molar-refractivity contribution < 1.29 is 4.42 Å². The van der Waals surface area contributed by atoms with Crippen molar-refractivity contribution >= 4 is 54.6 Å². The lowest BCUT2D eigenvalue weighted by molar-refractivity contribution is 0.669. The number of benzene rings is 6. The van der Waals surface area contributed by atoms with Gasteiger partial charge in [-0.1, -0.05) is 109 Å². The summed E-state index contributed by atoms with van der Waals surface area (Å²) in [4.78, 5) is 10.4. The highest BCUT2D eigenvalue weighted by molar-refractivity contribution is 6.17. The zero-order chi connectivity index (χ0) is 27.6. The topological polar surface area (TPSA) is 43.9 Å². The van der Waals surface area contributed by atoms with E-state index in [0.717, 1.165) is 65.9 Å². The highest BCUT2D eigenvalue weighted by Crippen LogP contribution is 2.38. The Kier molecular flexibility index (Phi) is 4.87. The molecular formula is C38H23N3O. The quantitative estimate of drug-likeness (QED) is 0.225. The van der Waals surface area contributed by atoms with Crippen molar-refractivity contribution in [3.8, 4) is 28.3 Å². The molecule has 0 saturated heterocycles. The van der Waals surface area contributed by atoms with Crippen LogP contribution in [0.2, 0.25) is 0 Å². The van der Waals surface area contributed by atoms with Gasteiger partial charge >= 0.3 is 0 Å². The summed E-state index contributed by atoms with van der Waals surface area (Å²) in [6, 6.07) is 48.4. The SMILES string of the molecule is c1ccc(-c2ccc(-c3nc(-n4c5ccccc5c5cc6oc7ccccc7c6cc54)nc4ccccc34)cc2)cc1. The average Bonchev–Trinajstić information content (AvgIpc) is 3.58. The third-order valence-corrected chi connectivity index (χ3v) is 8.23. The second-order valence-corrected chi connectivity index (χ2v) is 10.6. The van der Waals surface area contributed by atoms with Crippen LogP contribution < -0.4 is 0 Å². The molecule has 9 aromatic rings. The summed E-state index contributed by atoms with van der Waals surface area (Å²) < 4.78 is 8.45. The number of aromatic nitrogens is 3. The molecule has 4 heteroatoms. The van der Waals surface area contributed by atoms with E-state index in [9.17, 15) is 0 Å². The summed E-state index contributed by atoms with van der Waals surface area (Å²) in [5.41, 5.74) is 9.13. The zero-order valence-corrected chi connectivity index (χ0v) is 22.5. The largest absolute Gasteiger partial charge is 0.456 e. The number of nitrogens with zero attached hydrogens (tertiary/aromatic N) is 3. The van der Waals surface area contributed by atoms with E-state index in [1.165, 1.54) is 11.1 Å². The van der Waals surface area contributed by atoms with Crippen molar-refractivity contribution in [2.45, 2.75) is 0 Å². The predicted octanol–water partition coefficient (Wildman–Crippen LogP) is 9.96. The molecule has 0 spiro atoms. The maximum absolute atomic E-state index is 6.26. The molecular weight excluding hydrogens is 514 g/mol. The molecule has 0 aliphatic heterocycles. The van der Waals surface area contributed by atoms with Crippen LogP contribution in [0.25, 0.3) is 83.0 Å². The molecule has 0 aliphatic rings. The molecule has 196 valence electrons. The van der Waals surface area contributed by atoms with Crippen molar-refractivity contribution in [3.05, 3.63) is 140 Å². The van der Waals surface area contributed by atoms with Gasteiger partial charge in [-0.15, -0.1) is 0 Å². The lowest BCUT2D eigenvalue weighted by atomic mass is 10.0. The molecule has 0 saturated carbocycles. The smallest absolute Gasteiger partial charge is 0.235 e. The molecule has 9 rings (SSSR count). The third kappa shape index (κ3) is 3.42. The molecule has 42 heavy (non-hydrogen) atoms. The number of furan rings is 1. The molecule has 0 atom stereocenters. The Morgan fingerprint density at radius 3 is 1.95 bits per heavy atom. The van der Waals surface area contributed by atoms with Crippen molar-refractivity contribution in [3.63, 3.8) is 0 Å². The van der Waals surface area contributed by atoms with Crippen molar-refractivity contribution in [1.29, 1.82) is 0 Å². The third-order valence-electron chi connectivity index (χ3n) is 8.23. The maximum atomic E-state index is 6.26. The van der Waals surface area contributed by atoms with E-state index >= 15 is 0 Å². The van der Waals surface area contributed by atoms with Crippen molar-refractivity contribution in [2.75, 3.05) is 0 Å². The van der Waals surface area contributed by atoms with E-state index in [1.54, 1.807) is 0 Å². The first-order valence-electron chi connectivity index (χ1n) is 14.1. The Bertz CT molecular complexity index is 2450. The second kappa shape index (κ2) is 8.88. The summed E-state index contributed by atoms with van der Waals surface area (Å²) in [5.74, 6) is 0.647. The van der Waals surface area contributed by atoms with E-state index < -0.39 is 0 Å². The normalized spacial score (nSPS) is 11.8. The second-order valence-electron chi connectivity index (χ2n) is 10.6. The fourth-order valence-electron chi connectivity index (χ4n) is 6.24. The molecule has 0 aliphatic carbocycles. The molecule has 3 aromatic heterocycles. The average molecular weight is 538 g/mol. The highest BCUT2D eigenvalue weighted by Gasteiger charge is 2.19. The fraction of sp³-hybridized carbons (Fsp3) is 0. The number of hydrogen-bond donors (Lipinski definition) is 0. The summed E-state index contributed by atoms with van der Waals surface area (Å²) in [5, 5.41) is 5.46. The molecule has 4 nitrogen and oxygen atoms in total. The lowest BCUT2D eigenvalue weighted by Gasteiger charge is -2.12. The first-order valence-corrected chi connectivity index (χ1v) is 14.1. The predicted molar refractivity (Wildman–Crippen MR) is 172 cm³/mol. The first kappa shape index (κ1) is 23.0. The Labute approximate surface area is 241 Å². The highest BCUT2D eigenvalue weighted by atomic mass is 16.3. The van der Waals surface area contributed by atoms with Gasteiger partial charge in [-0.25, -0.2) is 9.97 Å². The Hall–Kier alpha value is -5.74. The van der Waals surface area contributed by atoms with Gasteiger partial charge in [0, 0.05) is 32.5 Å². The van der Waals surface area contributed by atoms with Gasteiger partial charge in [0.05, 0.1) is 22.2 Å². The fourth-order valence-corrected chi connectivity index (χ4v) is 6.24. The van der Waals surface area contributed by atoms with Crippen LogP contribution in [0.15, 0.2) is 144 Å². The number of fused-ring (bicyclic) bond motifs is 7. The lowest BCUT2D eigenvalue weighted by Crippen LogP contribution is -2.03. The molecule has 0 radical (unpaired) electrons. The van der Waals surface area contributed by atoms with Gasteiger partial charge < -0.3 is 4.42 Å². The molecule has 0 fully saturated rings. The Morgan fingerprint density at radius 2 is 1.10 bits per heavy atom. The monoisotopic (exact) mass is 537 g/mol. The van der Waals surface area contributed by atoms with Crippen LogP contribution in [-0.4, -0.2) is 14.5 Å². The van der Waals surface area contributed by atoms with E-state index in [4.69, 9.17) is 14.4 Å². The van der Waals surface area contributed by atoms with Crippen LogP contribution in [0, 0.1) is 0 Å². The molecule has 0 amide bonds. The summed E-state index contributed by atoms with van der Waals surface area (Å²) in [6.45, 7) is 0. The van der Waals surface area contributed by atoms with Gasteiger partial charge in [-0.05, 0) is 41.5 Å². The van der Waals surface area contributed by atoms with Crippen LogP contribution in [-0.2, 0) is 0 Å². The summed E-state index contributed by atoms with van der Waals surface area (Å²) in [6.07, 6.45) is 0. The minimum absolute atomic E-state index is 0.647. The van der Waals surface area contributed by atoms with E-state index in [0.29, 0.717) is 5.95 Å². The number of rotatable bonds is 3. The van der Waals surface area contributed by atoms with Crippen molar-refractivity contribution in [2.24, 2.45) is 0 Å². The van der Waals surface area contributed by atoms with E-state index in [-0.39, 0.29) is 0 Å². The van der Waals surface area contributed by atoms with Crippen LogP contribution >= 0.6 is 0 Å². The number of para-hydroxylation sites is 3. The first-order chi connectivity index (χ1) is 20.8.